The predicted molar refractivity (Wildman–Crippen MR) is 73.3 cm³/mol. The Morgan fingerprint density at radius 1 is 1.35 bits per heavy atom. The van der Waals surface area contributed by atoms with E-state index in [1.54, 1.807) is 0 Å². The molecule has 1 aliphatic heterocycles. The summed E-state index contributed by atoms with van der Waals surface area (Å²) in [7, 11) is 0. The highest BCUT2D eigenvalue weighted by Crippen LogP contribution is 2.26. The third-order valence-corrected chi connectivity index (χ3v) is 3.91. The van der Waals surface area contributed by atoms with Gasteiger partial charge in [0.1, 0.15) is 0 Å². The molecule has 0 unspecified atom stereocenters. The van der Waals surface area contributed by atoms with Crippen molar-refractivity contribution in [1.29, 1.82) is 0 Å². The van der Waals surface area contributed by atoms with Crippen molar-refractivity contribution in [2.45, 2.75) is 26.2 Å². The largest absolute Gasteiger partial charge is 0.355 e. The fourth-order valence-corrected chi connectivity index (χ4v) is 2.44. The molecule has 1 saturated heterocycles. The molecule has 110 valence electrons. The summed E-state index contributed by atoms with van der Waals surface area (Å²) in [4.78, 5) is 11.8. The van der Waals surface area contributed by atoms with E-state index in [0.29, 0.717) is 6.54 Å². The van der Waals surface area contributed by atoms with Crippen LogP contribution in [0.4, 0.5) is 8.78 Å². The molecule has 0 spiro atoms. The van der Waals surface area contributed by atoms with Crippen LogP contribution < -0.4 is 10.6 Å². The summed E-state index contributed by atoms with van der Waals surface area (Å²) in [5.74, 6) is -2.12. The summed E-state index contributed by atoms with van der Waals surface area (Å²) >= 11 is 0. The third kappa shape index (κ3) is 3.76. The summed E-state index contributed by atoms with van der Waals surface area (Å²) in [6.07, 6.45) is 1.88. The molecule has 0 atom stereocenters. The van der Waals surface area contributed by atoms with Gasteiger partial charge < -0.3 is 10.6 Å². The Kier molecular flexibility index (Phi) is 4.70. The molecular formula is C15H20F2N2O. The van der Waals surface area contributed by atoms with E-state index >= 15 is 0 Å². The Morgan fingerprint density at radius 3 is 2.75 bits per heavy atom. The molecule has 3 nitrogen and oxygen atoms in total. The number of hydrogen-bond donors (Lipinski definition) is 2. The number of carbonyl (C=O) groups excluding carboxylic acids is 1. The van der Waals surface area contributed by atoms with E-state index in [2.05, 4.69) is 17.6 Å². The Bertz CT molecular complexity index is 485. The normalized spacial score (nSPS) is 17.8. The first-order chi connectivity index (χ1) is 9.50. The van der Waals surface area contributed by atoms with Crippen molar-refractivity contribution in [1.82, 2.24) is 10.6 Å². The zero-order chi connectivity index (χ0) is 14.6. The molecule has 1 aliphatic rings. The van der Waals surface area contributed by atoms with Crippen molar-refractivity contribution in [2.24, 2.45) is 5.41 Å². The molecule has 0 bridgehead atoms. The van der Waals surface area contributed by atoms with E-state index < -0.39 is 11.6 Å². The molecule has 0 saturated carbocycles. The minimum atomic E-state index is -0.935. The van der Waals surface area contributed by atoms with Gasteiger partial charge in [-0.15, -0.1) is 0 Å². The Hall–Kier alpha value is -1.49. The van der Waals surface area contributed by atoms with Crippen LogP contribution in [0.3, 0.4) is 0 Å². The van der Waals surface area contributed by atoms with Crippen molar-refractivity contribution in [3.8, 4) is 0 Å². The molecule has 1 aromatic carbocycles. The number of benzene rings is 1. The van der Waals surface area contributed by atoms with Crippen LogP contribution in [0.25, 0.3) is 0 Å². The Morgan fingerprint density at radius 2 is 2.05 bits per heavy atom. The average Bonchev–Trinajstić information content (AvgIpc) is 2.43. The van der Waals surface area contributed by atoms with Gasteiger partial charge in [0.2, 0.25) is 5.91 Å². The molecule has 1 aromatic rings. The minimum Gasteiger partial charge on any atom is -0.355 e. The molecule has 0 aromatic heterocycles. The molecule has 1 amide bonds. The van der Waals surface area contributed by atoms with E-state index in [1.165, 1.54) is 12.1 Å². The number of piperidine rings is 1. The maximum absolute atomic E-state index is 13.5. The van der Waals surface area contributed by atoms with Crippen LogP contribution in [0.2, 0.25) is 0 Å². The Balaban J connectivity index is 1.88. The number of nitrogens with one attached hydrogen (secondary N) is 2. The summed E-state index contributed by atoms with van der Waals surface area (Å²) < 4.78 is 26.5. The van der Waals surface area contributed by atoms with Gasteiger partial charge >= 0.3 is 0 Å². The molecular weight excluding hydrogens is 262 g/mol. The lowest BCUT2D eigenvalue weighted by molar-refractivity contribution is -0.121. The van der Waals surface area contributed by atoms with E-state index in [0.717, 1.165) is 32.0 Å². The first-order valence-electron chi connectivity index (χ1n) is 6.90. The number of hydrogen-bond acceptors (Lipinski definition) is 2. The highest BCUT2D eigenvalue weighted by Gasteiger charge is 2.27. The summed E-state index contributed by atoms with van der Waals surface area (Å²) in [6, 6.07) is 3.90. The van der Waals surface area contributed by atoms with Crippen molar-refractivity contribution < 1.29 is 13.6 Å². The van der Waals surface area contributed by atoms with E-state index in [9.17, 15) is 13.6 Å². The topological polar surface area (TPSA) is 41.1 Å². The molecule has 2 N–H and O–H groups in total. The second-order valence-corrected chi connectivity index (χ2v) is 5.73. The lowest BCUT2D eigenvalue weighted by Crippen LogP contribution is -2.43. The van der Waals surface area contributed by atoms with Crippen LogP contribution in [0.5, 0.6) is 0 Å². The van der Waals surface area contributed by atoms with Gasteiger partial charge in [0.15, 0.2) is 11.6 Å². The van der Waals surface area contributed by atoms with Gasteiger partial charge in [0.05, 0.1) is 6.42 Å². The minimum absolute atomic E-state index is 0.0847. The highest BCUT2D eigenvalue weighted by atomic mass is 19.2. The summed E-state index contributed by atoms with van der Waals surface area (Å²) in [6.45, 7) is 4.61. The van der Waals surface area contributed by atoms with Gasteiger partial charge in [-0.05, 0) is 37.4 Å². The van der Waals surface area contributed by atoms with Crippen molar-refractivity contribution in [2.75, 3.05) is 19.6 Å². The van der Waals surface area contributed by atoms with Crippen molar-refractivity contribution in [3.63, 3.8) is 0 Å². The maximum atomic E-state index is 13.5. The summed E-state index contributed by atoms with van der Waals surface area (Å²) in [5.41, 5.74) is 0.180. The van der Waals surface area contributed by atoms with E-state index in [1.807, 2.05) is 0 Å². The zero-order valence-corrected chi connectivity index (χ0v) is 11.6. The van der Waals surface area contributed by atoms with E-state index in [4.69, 9.17) is 0 Å². The van der Waals surface area contributed by atoms with Gasteiger partial charge in [-0.2, -0.15) is 0 Å². The van der Waals surface area contributed by atoms with Gasteiger partial charge in [0.25, 0.3) is 0 Å². The van der Waals surface area contributed by atoms with Crippen LogP contribution >= 0.6 is 0 Å². The second kappa shape index (κ2) is 6.31. The number of rotatable bonds is 4. The van der Waals surface area contributed by atoms with Crippen molar-refractivity contribution in [3.05, 3.63) is 35.4 Å². The van der Waals surface area contributed by atoms with Crippen LogP contribution in [-0.4, -0.2) is 25.5 Å². The standard InChI is InChI=1S/C15H20F2N2O/c1-15(5-7-18-8-6-15)10-19-13(20)9-11-3-2-4-12(16)14(11)17/h2-4,18H,5-10H2,1H3,(H,19,20). The number of carbonyl (C=O) groups is 1. The average molecular weight is 282 g/mol. The Labute approximate surface area is 117 Å². The van der Waals surface area contributed by atoms with Crippen LogP contribution in [0, 0.1) is 17.0 Å². The SMILES string of the molecule is CC1(CNC(=O)Cc2cccc(F)c2F)CCNCC1. The van der Waals surface area contributed by atoms with Gasteiger partial charge in [-0.1, -0.05) is 19.1 Å². The fraction of sp³-hybridized carbons (Fsp3) is 0.533. The third-order valence-electron chi connectivity index (χ3n) is 3.91. The maximum Gasteiger partial charge on any atom is 0.224 e. The van der Waals surface area contributed by atoms with Crippen LogP contribution in [-0.2, 0) is 11.2 Å². The van der Waals surface area contributed by atoms with Crippen LogP contribution in [0.15, 0.2) is 18.2 Å². The summed E-state index contributed by atoms with van der Waals surface area (Å²) in [5, 5.41) is 6.11. The smallest absolute Gasteiger partial charge is 0.224 e. The lowest BCUT2D eigenvalue weighted by Gasteiger charge is -2.34. The van der Waals surface area contributed by atoms with Gasteiger partial charge in [0, 0.05) is 12.1 Å². The second-order valence-electron chi connectivity index (χ2n) is 5.73. The first-order valence-corrected chi connectivity index (χ1v) is 6.90. The zero-order valence-electron chi connectivity index (χ0n) is 11.6. The fourth-order valence-electron chi connectivity index (χ4n) is 2.44. The van der Waals surface area contributed by atoms with Crippen LogP contribution in [0.1, 0.15) is 25.3 Å². The molecule has 0 aliphatic carbocycles. The molecule has 2 rings (SSSR count). The molecule has 0 radical (unpaired) electrons. The van der Waals surface area contributed by atoms with Gasteiger partial charge in [-0.3, -0.25) is 4.79 Å². The lowest BCUT2D eigenvalue weighted by atomic mass is 9.81. The quantitative estimate of drug-likeness (QED) is 0.887. The predicted octanol–water partition coefficient (Wildman–Crippen LogP) is 2.01. The molecule has 1 fully saturated rings. The molecule has 20 heavy (non-hydrogen) atoms. The molecule has 1 heterocycles. The first kappa shape index (κ1) is 14.9. The van der Waals surface area contributed by atoms with E-state index in [-0.39, 0.29) is 23.3 Å². The number of halogens is 2. The number of amides is 1. The van der Waals surface area contributed by atoms with Gasteiger partial charge in [-0.25, -0.2) is 8.78 Å². The monoisotopic (exact) mass is 282 g/mol. The van der Waals surface area contributed by atoms with Crippen molar-refractivity contribution >= 4 is 5.91 Å². The highest BCUT2D eigenvalue weighted by molar-refractivity contribution is 5.78. The molecule has 5 heteroatoms.